The second-order valence-electron chi connectivity index (χ2n) is 7.59. The zero-order chi connectivity index (χ0) is 20.2. The van der Waals surface area contributed by atoms with Gasteiger partial charge in [-0.2, -0.15) is 0 Å². The number of hydrogen-bond acceptors (Lipinski definition) is 5. The van der Waals surface area contributed by atoms with Crippen molar-refractivity contribution in [2.75, 3.05) is 31.6 Å². The Balaban J connectivity index is 1.28. The van der Waals surface area contributed by atoms with Gasteiger partial charge in [-0.1, -0.05) is 18.2 Å². The zero-order valence-electron chi connectivity index (χ0n) is 16.6. The summed E-state index contributed by atoms with van der Waals surface area (Å²) in [6.07, 6.45) is 2.54. The van der Waals surface area contributed by atoms with E-state index in [4.69, 9.17) is 4.74 Å². The molecule has 2 aliphatic rings. The van der Waals surface area contributed by atoms with Crippen molar-refractivity contribution in [2.45, 2.75) is 25.5 Å². The molecule has 1 saturated heterocycles. The molecule has 4 rings (SSSR count). The maximum absolute atomic E-state index is 13.0. The van der Waals surface area contributed by atoms with Crippen LogP contribution in [0.4, 0.5) is 5.69 Å². The third-order valence-electron chi connectivity index (χ3n) is 5.61. The van der Waals surface area contributed by atoms with Gasteiger partial charge in [0.25, 0.3) is 5.91 Å². The van der Waals surface area contributed by atoms with E-state index in [1.807, 2.05) is 54.4 Å². The summed E-state index contributed by atoms with van der Waals surface area (Å²) in [7, 11) is 1.97. The van der Waals surface area contributed by atoms with Crippen molar-refractivity contribution in [1.29, 1.82) is 0 Å². The molecule has 2 aromatic rings. The van der Waals surface area contributed by atoms with E-state index in [1.165, 1.54) is 0 Å². The number of rotatable bonds is 4. The number of likely N-dealkylation sites (tertiary alicyclic amines) is 1. The molecule has 0 spiro atoms. The summed E-state index contributed by atoms with van der Waals surface area (Å²) in [6.45, 7) is 2.11. The average molecular weight is 394 g/mol. The highest BCUT2D eigenvalue weighted by Crippen LogP contribution is 2.32. The number of para-hydroxylation sites is 2. The fourth-order valence-electron chi connectivity index (χ4n) is 3.93. The Morgan fingerprint density at radius 2 is 1.90 bits per heavy atom. The van der Waals surface area contributed by atoms with Gasteiger partial charge in [0.05, 0.1) is 24.5 Å². The number of benzene rings is 1. The highest BCUT2D eigenvalue weighted by atomic mass is 16.5. The van der Waals surface area contributed by atoms with Crippen LogP contribution in [-0.4, -0.2) is 54.5 Å². The Labute approximate surface area is 170 Å². The van der Waals surface area contributed by atoms with Crippen LogP contribution in [0.3, 0.4) is 0 Å². The van der Waals surface area contributed by atoms with Crippen molar-refractivity contribution in [1.82, 2.24) is 15.2 Å². The molecule has 0 saturated carbocycles. The van der Waals surface area contributed by atoms with E-state index in [2.05, 4.69) is 15.2 Å². The van der Waals surface area contributed by atoms with Crippen molar-refractivity contribution in [3.8, 4) is 5.75 Å². The second kappa shape index (κ2) is 8.51. The predicted octanol–water partition coefficient (Wildman–Crippen LogP) is 1.83. The van der Waals surface area contributed by atoms with Crippen LogP contribution in [0.5, 0.6) is 5.75 Å². The molecule has 7 nitrogen and oxygen atoms in total. The number of fused-ring (bicyclic) bond motifs is 1. The van der Waals surface area contributed by atoms with Gasteiger partial charge in [0.1, 0.15) is 5.75 Å². The van der Waals surface area contributed by atoms with Gasteiger partial charge in [-0.15, -0.1) is 0 Å². The number of ether oxygens (including phenoxy) is 1. The van der Waals surface area contributed by atoms with Crippen LogP contribution in [0.15, 0.2) is 48.7 Å². The summed E-state index contributed by atoms with van der Waals surface area (Å²) < 4.78 is 5.96. The SMILES string of the molecule is CN1C[C@H](C(=O)N2CCC(C(=O)NCc3ccccn3)CC2)Oc2ccccc21. The van der Waals surface area contributed by atoms with Crippen LogP contribution in [0.1, 0.15) is 18.5 Å². The van der Waals surface area contributed by atoms with E-state index >= 15 is 0 Å². The minimum Gasteiger partial charge on any atom is -0.477 e. The second-order valence-corrected chi connectivity index (χ2v) is 7.59. The van der Waals surface area contributed by atoms with Crippen LogP contribution in [0.25, 0.3) is 0 Å². The number of nitrogens with one attached hydrogen (secondary N) is 1. The van der Waals surface area contributed by atoms with Gasteiger partial charge in [-0.3, -0.25) is 14.6 Å². The van der Waals surface area contributed by atoms with Crippen molar-refractivity contribution in [3.63, 3.8) is 0 Å². The molecule has 3 heterocycles. The molecule has 0 unspecified atom stereocenters. The molecule has 2 aliphatic heterocycles. The molecular formula is C22H26N4O3. The Morgan fingerprint density at radius 1 is 1.14 bits per heavy atom. The maximum atomic E-state index is 13.0. The first-order valence-electron chi connectivity index (χ1n) is 10.0. The number of pyridine rings is 1. The monoisotopic (exact) mass is 394 g/mol. The number of likely N-dealkylation sites (N-methyl/N-ethyl adjacent to an activating group) is 1. The number of hydrogen-bond donors (Lipinski definition) is 1. The number of piperidine rings is 1. The molecule has 7 heteroatoms. The third-order valence-corrected chi connectivity index (χ3v) is 5.61. The largest absolute Gasteiger partial charge is 0.477 e. The van der Waals surface area contributed by atoms with Crippen molar-refractivity contribution in [2.24, 2.45) is 5.92 Å². The van der Waals surface area contributed by atoms with E-state index in [0.29, 0.717) is 39.0 Å². The number of carbonyl (C=O) groups excluding carboxylic acids is 2. The average Bonchev–Trinajstić information content (AvgIpc) is 2.78. The van der Waals surface area contributed by atoms with Crippen LogP contribution in [-0.2, 0) is 16.1 Å². The van der Waals surface area contributed by atoms with E-state index < -0.39 is 6.10 Å². The van der Waals surface area contributed by atoms with Gasteiger partial charge in [0.2, 0.25) is 5.91 Å². The van der Waals surface area contributed by atoms with Gasteiger partial charge in [0, 0.05) is 32.3 Å². The summed E-state index contributed by atoms with van der Waals surface area (Å²) in [5, 5.41) is 2.96. The van der Waals surface area contributed by atoms with Crippen LogP contribution >= 0.6 is 0 Å². The summed E-state index contributed by atoms with van der Waals surface area (Å²) in [5.41, 5.74) is 1.84. The first kappa shape index (κ1) is 19.2. The number of anilines is 1. The van der Waals surface area contributed by atoms with Gasteiger partial charge in [0.15, 0.2) is 6.10 Å². The predicted molar refractivity (Wildman–Crippen MR) is 110 cm³/mol. The van der Waals surface area contributed by atoms with Crippen molar-refractivity contribution >= 4 is 17.5 Å². The number of carbonyl (C=O) groups is 2. The third kappa shape index (κ3) is 4.34. The van der Waals surface area contributed by atoms with Crippen molar-refractivity contribution in [3.05, 3.63) is 54.4 Å². The molecule has 0 aliphatic carbocycles. The topological polar surface area (TPSA) is 74.8 Å². The molecule has 1 atom stereocenters. The van der Waals surface area contributed by atoms with E-state index in [9.17, 15) is 9.59 Å². The van der Waals surface area contributed by atoms with E-state index in [-0.39, 0.29) is 17.7 Å². The maximum Gasteiger partial charge on any atom is 0.265 e. The molecule has 2 amide bonds. The van der Waals surface area contributed by atoms with Gasteiger partial charge < -0.3 is 19.9 Å². The summed E-state index contributed by atoms with van der Waals surface area (Å²) in [4.78, 5) is 33.5. The highest BCUT2D eigenvalue weighted by molar-refractivity contribution is 5.84. The molecular weight excluding hydrogens is 368 g/mol. The van der Waals surface area contributed by atoms with Gasteiger partial charge in [-0.05, 0) is 37.1 Å². The number of nitrogens with zero attached hydrogens (tertiary/aromatic N) is 3. The molecule has 0 radical (unpaired) electrons. The van der Waals surface area contributed by atoms with Gasteiger partial charge >= 0.3 is 0 Å². The molecule has 29 heavy (non-hydrogen) atoms. The minimum atomic E-state index is -0.510. The summed E-state index contributed by atoms with van der Waals surface area (Å²) in [5.74, 6) is 0.700. The standard InChI is InChI=1S/C22H26N4O3/c1-25-15-20(29-19-8-3-2-7-18(19)25)22(28)26-12-9-16(10-13-26)21(27)24-14-17-6-4-5-11-23-17/h2-8,11,16,20H,9-10,12-15H2,1H3,(H,24,27)/t20-/m1/s1. The van der Waals surface area contributed by atoms with Gasteiger partial charge in [-0.25, -0.2) is 0 Å². The van der Waals surface area contributed by atoms with Crippen molar-refractivity contribution < 1.29 is 14.3 Å². The fraction of sp³-hybridized carbons (Fsp3) is 0.409. The summed E-state index contributed by atoms with van der Waals surface area (Å²) >= 11 is 0. The first-order valence-corrected chi connectivity index (χ1v) is 10.0. The molecule has 1 aromatic heterocycles. The number of aromatic nitrogens is 1. The Morgan fingerprint density at radius 3 is 2.66 bits per heavy atom. The quantitative estimate of drug-likeness (QED) is 0.857. The molecule has 1 N–H and O–H groups in total. The Bertz CT molecular complexity index is 865. The lowest BCUT2D eigenvalue weighted by Gasteiger charge is -2.37. The minimum absolute atomic E-state index is 0.00121. The fourth-order valence-corrected chi connectivity index (χ4v) is 3.93. The molecule has 1 fully saturated rings. The lowest BCUT2D eigenvalue weighted by atomic mass is 9.95. The molecule has 152 valence electrons. The first-order chi connectivity index (χ1) is 14.1. The summed E-state index contributed by atoms with van der Waals surface area (Å²) in [6, 6.07) is 13.4. The van der Waals surface area contributed by atoms with Crippen LogP contribution in [0.2, 0.25) is 0 Å². The lowest BCUT2D eigenvalue weighted by Crippen LogP contribution is -2.52. The smallest absolute Gasteiger partial charge is 0.265 e. The zero-order valence-corrected chi connectivity index (χ0v) is 16.6. The van der Waals surface area contributed by atoms with Crippen LogP contribution < -0.4 is 15.0 Å². The highest BCUT2D eigenvalue weighted by Gasteiger charge is 2.35. The molecule has 0 bridgehead atoms. The Hall–Kier alpha value is -3.09. The van der Waals surface area contributed by atoms with E-state index in [0.717, 1.165) is 17.1 Å². The van der Waals surface area contributed by atoms with E-state index in [1.54, 1.807) is 6.20 Å². The number of amides is 2. The Kier molecular flexibility index (Phi) is 5.64. The lowest BCUT2D eigenvalue weighted by molar-refractivity contribution is -0.141. The van der Waals surface area contributed by atoms with Crippen LogP contribution in [0, 0.1) is 5.92 Å². The normalized spacial score (nSPS) is 19.3. The molecule has 1 aromatic carbocycles.